The van der Waals surface area contributed by atoms with Crippen LogP contribution in [0.1, 0.15) is 43.1 Å². The van der Waals surface area contributed by atoms with Crippen molar-refractivity contribution in [1.29, 1.82) is 0 Å². The molecule has 0 N–H and O–H groups in total. The van der Waals surface area contributed by atoms with Crippen LogP contribution in [0.3, 0.4) is 0 Å². The number of aryl methyl sites for hydroxylation is 1. The number of alkyl halides is 3. The Labute approximate surface area is 142 Å². The SMILES string of the molecule is Cc1cc(=O)n(-c2ccc(F)cc2)c(C2CCCC(C(F)(F)F)C2)n1. The minimum Gasteiger partial charge on any atom is -0.269 e. The number of halogens is 4. The predicted molar refractivity (Wildman–Crippen MR) is 85.3 cm³/mol. The average molecular weight is 354 g/mol. The van der Waals surface area contributed by atoms with Crippen LogP contribution in [0.5, 0.6) is 0 Å². The molecule has 2 aromatic rings. The summed E-state index contributed by atoms with van der Waals surface area (Å²) in [5.74, 6) is -1.97. The van der Waals surface area contributed by atoms with Gasteiger partial charge in [-0.05, 0) is 50.5 Å². The fourth-order valence-electron chi connectivity index (χ4n) is 3.46. The lowest BCUT2D eigenvalue weighted by atomic mass is 9.80. The second-order valence-electron chi connectivity index (χ2n) is 6.51. The molecule has 1 saturated carbocycles. The molecular formula is C18H18F4N2O. The Morgan fingerprint density at radius 1 is 1.16 bits per heavy atom. The van der Waals surface area contributed by atoms with Gasteiger partial charge in [-0.3, -0.25) is 9.36 Å². The Bertz CT molecular complexity index is 811. The van der Waals surface area contributed by atoms with Gasteiger partial charge in [0.2, 0.25) is 0 Å². The summed E-state index contributed by atoms with van der Waals surface area (Å²) in [5.41, 5.74) is 0.499. The van der Waals surface area contributed by atoms with Crippen LogP contribution in [0, 0.1) is 18.7 Å². The highest BCUT2D eigenvalue weighted by atomic mass is 19.4. The third kappa shape index (κ3) is 3.75. The van der Waals surface area contributed by atoms with E-state index in [0.717, 1.165) is 0 Å². The van der Waals surface area contributed by atoms with Gasteiger partial charge in [-0.15, -0.1) is 0 Å². The summed E-state index contributed by atoms with van der Waals surface area (Å²) >= 11 is 0. The largest absolute Gasteiger partial charge is 0.391 e. The zero-order valence-corrected chi connectivity index (χ0v) is 13.7. The van der Waals surface area contributed by atoms with Crippen LogP contribution < -0.4 is 5.56 Å². The Morgan fingerprint density at radius 2 is 1.84 bits per heavy atom. The fourth-order valence-corrected chi connectivity index (χ4v) is 3.46. The highest BCUT2D eigenvalue weighted by molar-refractivity contribution is 5.34. The van der Waals surface area contributed by atoms with E-state index in [2.05, 4.69) is 4.98 Å². The van der Waals surface area contributed by atoms with Crippen LogP contribution in [-0.2, 0) is 0 Å². The molecule has 0 amide bonds. The minimum absolute atomic E-state index is 0.0827. The van der Waals surface area contributed by atoms with E-state index in [0.29, 0.717) is 30.0 Å². The normalized spacial score (nSPS) is 21.3. The summed E-state index contributed by atoms with van der Waals surface area (Å²) in [5, 5.41) is 0. The van der Waals surface area contributed by atoms with E-state index < -0.39 is 23.8 Å². The van der Waals surface area contributed by atoms with Crippen LogP contribution in [0.25, 0.3) is 5.69 Å². The lowest BCUT2D eigenvalue weighted by Crippen LogP contribution is -2.32. The first kappa shape index (κ1) is 17.6. The van der Waals surface area contributed by atoms with Gasteiger partial charge in [0.25, 0.3) is 5.56 Å². The van der Waals surface area contributed by atoms with Crippen LogP contribution in [0.2, 0.25) is 0 Å². The summed E-state index contributed by atoms with van der Waals surface area (Å²) in [6.07, 6.45) is -3.25. The molecule has 7 heteroatoms. The Morgan fingerprint density at radius 3 is 2.48 bits per heavy atom. The standard InChI is InChI=1S/C18H18F4N2O/c1-11-9-16(25)24(15-7-5-14(19)6-8-15)17(23-11)12-3-2-4-13(10-12)18(20,21)22/h5-9,12-13H,2-4,10H2,1H3. The van der Waals surface area contributed by atoms with Crippen molar-refractivity contribution in [2.75, 3.05) is 0 Å². The molecule has 0 bridgehead atoms. The number of rotatable bonds is 2. The lowest BCUT2D eigenvalue weighted by molar-refractivity contribution is -0.183. The Kier molecular flexibility index (Phi) is 4.67. The molecule has 3 rings (SSSR count). The average Bonchev–Trinajstić information content (AvgIpc) is 2.55. The molecule has 1 aromatic heterocycles. The van der Waals surface area contributed by atoms with Gasteiger partial charge in [-0.2, -0.15) is 13.2 Å². The molecular weight excluding hydrogens is 336 g/mol. The van der Waals surface area contributed by atoms with E-state index in [4.69, 9.17) is 0 Å². The van der Waals surface area contributed by atoms with Crippen molar-refractivity contribution in [2.24, 2.45) is 5.92 Å². The molecule has 0 saturated heterocycles. The van der Waals surface area contributed by atoms with Gasteiger partial charge in [0.15, 0.2) is 0 Å². The quantitative estimate of drug-likeness (QED) is 0.744. The zero-order valence-electron chi connectivity index (χ0n) is 13.7. The van der Waals surface area contributed by atoms with Crippen LogP contribution >= 0.6 is 0 Å². The molecule has 1 aliphatic rings. The zero-order chi connectivity index (χ0) is 18.2. The number of nitrogens with zero attached hydrogens (tertiary/aromatic N) is 2. The van der Waals surface area contributed by atoms with E-state index >= 15 is 0 Å². The van der Waals surface area contributed by atoms with Gasteiger partial charge < -0.3 is 0 Å². The maximum Gasteiger partial charge on any atom is 0.391 e. The summed E-state index contributed by atoms with van der Waals surface area (Å²) in [6.45, 7) is 1.64. The van der Waals surface area contributed by atoms with Gasteiger partial charge in [0.05, 0.1) is 11.6 Å². The first-order valence-corrected chi connectivity index (χ1v) is 8.19. The molecule has 1 aromatic carbocycles. The van der Waals surface area contributed by atoms with Crippen molar-refractivity contribution in [3.63, 3.8) is 0 Å². The fraction of sp³-hybridized carbons (Fsp3) is 0.444. The van der Waals surface area contributed by atoms with E-state index in [-0.39, 0.29) is 18.4 Å². The smallest absolute Gasteiger partial charge is 0.269 e. The van der Waals surface area contributed by atoms with E-state index in [1.807, 2.05) is 0 Å². The van der Waals surface area contributed by atoms with Crippen molar-refractivity contribution in [3.05, 3.63) is 58.0 Å². The number of hydrogen-bond donors (Lipinski definition) is 0. The van der Waals surface area contributed by atoms with Gasteiger partial charge in [0.1, 0.15) is 11.6 Å². The molecule has 1 fully saturated rings. The third-order valence-electron chi connectivity index (χ3n) is 4.66. The second kappa shape index (κ2) is 6.61. The maximum atomic E-state index is 13.2. The minimum atomic E-state index is -4.25. The molecule has 2 unspecified atom stereocenters. The van der Waals surface area contributed by atoms with Crippen LogP contribution in [0.4, 0.5) is 17.6 Å². The lowest BCUT2D eigenvalue weighted by Gasteiger charge is -2.31. The highest BCUT2D eigenvalue weighted by Gasteiger charge is 2.43. The molecule has 2 atom stereocenters. The topological polar surface area (TPSA) is 34.9 Å². The van der Waals surface area contributed by atoms with E-state index in [9.17, 15) is 22.4 Å². The molecule has 0 spiro atoms. The van der Waals surface area contributed by atoms with Crippen molar-refractivity contribution in [2.45, 2.75) is 44.7 Å². The third-order valence-corrected chi connectivity index (χ3v) is 4.66. The summed E-state index contributed by atoms with van der Waals surface area (Å²) < 4.78 is 53.9. The molecule has 3 nitrogen and oxygen atoms in total. The van der Waals surface area contributed by atoms with Crippen molar-refractivity contribution < 1.29 is 17.6 Å². The van der Waals surface area contributed by atoms with Crippen molar-refractivity contribution >= 4 is 0 Å². The van der Waals surface area contributed by atoms with Gasteiger partial charge in [-0.1, -0.05) is 6.42 Å². The molecule has 25 heavy (non-hydrogen) atoms. The van der Waals surface area contributed by atoms with Gasteiger partial charge >= 0.3 is 6.18 Å². The van der Waals surface area contributed by atoms with E-state index in [1.165, 1.54) is 34.9 Å². The first-order chi connectivity index (χ1) is 11.8. The van der Waals surface area contributed by atoms with Gasteiger partial charge in [0, 0.05) is 17.7 Å². The Balaban J connectivity index is 2.06. The van der Waals surface area contributed by atoms with Gasteiger partial charge in [-0.25, -0.2) is 9.37 Å². The first-order valence-electron chi connectivity index (χ1n) is 8.19. The maximum absolute atomic E-state index is 13.2. The van der Waals surface area contributed by atoms with Crippen molar-refractivity contribution in [3.8, 4) is 5.69 Å². The monoisotopic (exact) mass is 354 g/mol. The molecule has 134 valence electrons. The van der Waals surface area contributed by atoms with Crippen molar-refractivity contribution in [1.82, 2.24) is 9.55 Å². The molecule has 1 heterocycles. The highest BCUT2D eigenvalue weighted by Crippen LogP contribution is 2.43. The Hall–Kier alpha value is -2.18. The summed E-state index contributed by atoms with van der Waals surface area (Å²) in [4.78, 5) is 16.8. The molecule has 1 aliphatic carbocycles. The van der Waals surface area contributed by atoms with E-state index in [1.54, 1.807) is 6.92 Å². The number of benzene rings is 1. The van der Waals surface area contributed by atoms with Crippen LogP contribution in [-0.4, -0.2) is 15.7 Å². The number of aromatic nitrogens is 2. The summed E-state index contributed by atoms with van der Waals surface area (Å²) in [6, 6.07) is 6.62. The molecule has 0 aliphatic heterocycles. The predicted octanol–water partition coefficient (Wildman–Crippen LogP) is 4.52. The van der Waals surface area contributed by atoms with Crippen LogP contribution in [0.15, 0.2) is 35.1 Å². The molecule has 0 radical (unpaired) electrons. The second-order valence-corrected chi connectivity index (χ2v) is 6.51. The summed E-state index contributed by atoms with van der Waals surface area (Å²) in [7, 11) is 0. The number of hydrogen-bond acceptors (Lipinski definition) is 2.